The number of rotatable bonds is 2. The van der Waals surface area contributed by atoms with Gasteiger partial charge >= 0.3 is 0 Å². The van der Waals surface area contributed by atoms with Crippen LogP contribution in [0.1, 0.15) is 32.0 Å². The molecule has 0 bridgehead atoms. The summed E-state index contributed by atoms with van der Waals surface area (Å²) in [5, 5.41) is 9.44. The second-order valence-electron chi connectivity index (χ2n) is 6.26. The van der Waals surface area contributed by atoms with Crippen LogP contribution in [-0.2, 0) is 6.61 Å². The maximum atomic E-state index is 9.44. The van der Waals surface area contributed by atoms with Gasteiger partial charge in [0.25, 0.3) is 0 Å². The Bertz CT molecular complexity index is 432. The van der Waals surface area contributed by atoms with E-state index < -0.39 is 0 Å². The van der Waals surface area contributed by atoms with E-state index in [1.807, 2.05) is 6.92 Å². The predicted molar refractivity (Wildman–Crippen MR) is 78.4 cm³/mol. The zero-order chi connectivity index (χ0) is 14.0. The molecule has 0 aromatic carbocycles. The number of aryl methyl sites for hydroxylation is 1. The van der Waals surface area contributed by atoms with Crippen molar-refractivity contribution >= 4 is 5.69 Å². The fourth-order valence-corrected chi connectivity index (χ4v) is 2.61. The Morgan fingerprint density at radius 1 is 1.21 bits per heavy atom. The molecule has 1 aliphatic rings. The van der Waals surface area contributed by atoms with E-state index in [-0.39, 0.29) is 12.1 Å². The number of aliphatic hydroxyl groups excluding tert-OH is 1. The third kappa shape index (κ3) is 3.25. The van der Waals surface area contributed by atoms with Crippen LogP contribution in [0.4, 0.5) is 5.69 Å². The molecule has 2 rings (SSSR count). The molecule has 0 spiro atoms. The number of aromatic nitrogens is 1. The van der Waals surface area contributed by atoms with Crippen LogP contribution in [0.3, 0.4) is 0 Å². The lowest BCUT2D eigenvalue weighted by atomic mass is 10.0. The van der Waals surface area contributed by atoms with Crippen LogP contribution in [0.15, 0.2) is 12.3 Å². The molecule has 4 heteroatoms. The van der Waals surface area contributed by atoms with Crippen molar-refractivity contribution in [1.29, 1.82) is 0 Å². The predicted octanol–water partition coefficient (Wildman–Crippen LogP) is 1.80. The van der Waals surface area contributed by atoms with Crippen molar-refractivity contribution in [1.82, 2.24) is 9.88 Å². The summed E-state index contributed by atoms with van der Waals surface area (Å²) in [4.78, 5) is 9.14. The van der Waals surface area contributed by atoms with Gasteiger partial charge in [0.15, 0.2) is 0 Å². The molecule has 0 saturated carbocycles. The Balaban J connectivity index is 2.11. The largest absolute Gasteiger partial charge is 0.392 e. The molecule has 1 aromatic heterocycles. The summed E-state index contributed by atoms with van der Waals surface area (Å²) in [5.74, 6) is 0. The van der Waals surface area contributed by atoms with Crippen molar-refractivity contribution in [2.24, 2.45) is 0 Å². The molecule has 1 fully saturated rings. The summed E-state index contributed by atoms with van der Waals surface area (Å²) in [6, 6.07) is 2.08. The van der Waals surface area contributed by atoms with Gasteiger partial charge < -0.3 is 10.0 Å². The van der Waals surface area contributed by atoms with Gasteiger partial charge in [-0.05, 0) is 33.8 Å². The molecule has 1 saturated heterocycles. The van der Waals surface area contributed by atoms with E-state index in [4.69, 9.17) is 0 Å². The summed E-state index contributed by atoms with van der Waals surface area (Å²) < 4.78 is 0. The first-order valence-electron chi connectivity index (χ1n) is 6.98. The van der Waals surface area contributed by atoms with E-state index in [1.54, 1.807) is 6.20 Å². The lowest BCUT2D eigenvalue weighted by molar-refractivity contribution is 0.128. The van der Waals surface area contributed by atoms with Gasteiger partial charge in [-0.2, -0.15) is 0 Å². The molecule has 0 aliphatic carbocycles. The van der Waals surface area contributed by atoms with Gasteiger partial charge in [-0.1, -0.05) is 0 Å². The highest BCUT2D eigenvalue weighted by atomic mass is 16.3. The van der Waals surface area contributed by atoms with Crippen LogP contribution in [0.25, 0.3) is 0 Å². The van der Waals surface area contributed by atoms with Crippen LogP contribution < -0.4 is 4.90 Å². The fraction of sp³-hybridized carbons (Fsp3) is 0.667. The Hall–Kier alpha value is -1.13. The van der Waals surface area contributed by atoms with Crippen LogP contribution in [0.2, 0.25) is 0 Å². The average molecular weight is 263 g/mol. The third-order valence-corrected chi connectivity index (χ3v) is 3.84. The maximum absolute atomic E-state index is 9.44. The number of piperazine rings is 1. The Kier molecular flexibility index (Phi) is 4.11. The molecule has 0 unspecified atom stereocenters. The van der Waals surface area contributed by atoms with Crippen LogP contribution >= 0.6 is 0 Å². The zero-order valence-corrected chi connectivity index (χ0v) is 12.5. The van der Waals surface area contributed by atoms with Gasteiger partial charge in [-0.3, -0.25) is 9.88 Å². The Labute approximate surface area is 116 Å². The van der Waals surface area contributed by atoms with Gasteiger partial charge in [0.2, 0.25) is 0 Å². The Morgan fingerprint density at radius 2 is 1.84 bits per heavy atom. The first-order valence-corrected chi connectivity index (χ1v) is 6.98. The van der Waals surface area contributed by atoms with Gasteiger partial charge in [0, 0.05) is 54.9 Å². The first-order chi connectivity index (χ1) is 8.91. The molecule has 106 valence electrons. The topological polar surface area (TPSA) is 39.6 Å². The summed E-state index contributed by atoms with van der Waals surface area (Å²) in [6.07, 6.45) is 1.79. The molecule has 1 N–H and O–H groups in total. The van der Waals surface area contributed by atoms with Crippen molar-refractivity contribution in [3.63, 3.8) is 0 Å². The minimum atomic E-state index is 0.0576. The molecule has 0 amide bonds. The van der Waals surface area contributed by atoms with Gasteiger partial charge in [-0.15, -0.1) is 0 Å². The highest BCUT2D eigenvalue weighted by Crippen LogP contribution is 2.24. The van der Waals surface area contributed by atoms with E-state index in [0.717, 1.165) is 43.1 Å². The van der Waals surface area contributed by atoms with Crippen molar-refractivity contribution in [3.8, 4) is 0 Å². The maximum Gasteiger partial charge on any atom is 0.0717 e. The van der Waals surface area contributed by atoms with Crippen molar-refractivity contribution in [2.75, 3.05) is 31.1 Å². The molecule has 2 heterocycles. The van der Waals surface area contributed by atoms with Crippen molar-refractivity contribution < 1.29 is 5.11 Å². The van der Waals surface area contributed by atoms with E-state index in [0.29, 0.717) is 0 Å². The monoisotopic (exact) mass is 263 g/mol. The zero-order valence-electron chi connectivity index (χ0n) is 12.5. The van der Waals surface area contributed by atoms with E-state index >= 15 is 0 Å². The van der Waals surface area contributed by atoms with Gasteiger partial charge in [0.1, 0.15) is 0 Å². The number of hydrogen-bond acceptors (Lipinski definition) is 4. The van der Waals surface area contributed by atoms with Crippen LogP contribution in [-0.4, -0.2) is 46.7 Å². The standard InChI is InChI=1S/C15H25N3O/c1-12-9-14(13(11-19)10-16-12)17-5-7-18(8-6-17)15(2,3)4/h9-10,19H,5-8,11H2,1-4H3. The lowest BCUT2D eigenvalue weighted by Gasteiger charge is -2.43. The smallest absolute Gasteiger partial charge is 0.0717 e. The summed E-state index contributed by atoms with van der Waals surface area (Å²) >= 11 is 0. The van der Waals surface area contributed by atoms with Crippen LogP contribution in [0.5, 0.6) is 0 Å². The molecule has 19 heavy (non-hydrogen) atoms. The first kappa shape index (κ1) is 14.3. The summed E-state index contributed by atoms with van der Waals surface area (Å²) in [7, 11) is 0. The summed E-state index contributed by atoms with van der Waals surface area (Å²) in [5.41, 5.74) is 3.31. The SMILES string of the molecule is Cc1cc(N2CCN(C(C)(C)C)CC2)c(CO)cn1. The molecule has 0 radical (unpaired) electrons. The number of aliphatic hydroxyl groups is 1. The van der Waals surface area contributed by atoms with Crippen LogP contribution in [0, 0.1) is 6.92 Å². The number of hydrogen-bond donors (Lipinski definition) is 1. The molecule has 4 nitrogen and oxygen atoms in total. The van der Waals surface area contributed by atoms with Crippen molar-refractivity contribution in [2.45, 2.75) is 39.8 Å². The quantitative estimate of drug-likeness (QED) is 0.883. The molecule has 1 aliphatic heterocycles. The third-order valence-electron chi connectivity index (χ3n) is 3.84. The van der Waals surface area contributed by atoms with Gasteiger partial charge in [0.05, 0.1) is 6.61 Å². The minimum Gasteiger partial charge on any atom is -0.392 e. The van der Waals surface area contributed by atoms with E-state index in [1.165, 1.54) is 0 Å². The second kappa shape index (κ2) is 5.47. The number of anilines is 1. The Morgan fingerprint density at radius 3 is 2.37 bits per heavy atom. The molecule has 0 atom stereocenters. The highest BCUT2D eigenvalue weighted by molar-refractivity contribution is 5.53. The normalized spacial score (nSPS) is 17.8. The second-order valence-corrected chi connectivity index (χ2v) is 6.26. The molecular weight excluding hydrogens is 238 g/mol. The lowest BCUT2D eigenvalue weighted by Crippen LogP contribution is -2.53. The van der Waals surface area contributed by atoms with Gasteiger partial charge in [-0.25, -0.2) is 0 Å². The average Bonchev–Trinajstić information content (AvgIpc) is 2.38. The minimum absolute atomic E-state index is 0.0576. The molecule has 1 aromatic rings. The fourth-order valence-electron chi connectivity index (χ4n) is 2.61. The number of pyridine rings is 1. The highest BCUT2D eigenvalue weighted by Gasteiger charge is 2.26. The summed E-state index contributed by atoms with van der Waals surface area (Å²) in [6.45, 7) is 13.0. The van der Waals surface area contributed by atoms with Crippen molar-refractivity contribution in [3.05, 3.63) is 23.5 Å². The van der Waals surface area contributed by atoms with E-state index in [2.05, 4.69) is 41.6 Å². The molecular formula is C15H25N3O. The number of nitrogens with zero attached hydrogens (tertiary/aromatic N) is 3. The van der Waals surface area contributed by atoms with E-state index in [9.17, 15) is 5.11 Å².